The zero-order valence-corrected chi connectivity index (χ0v) is 11.3. The minimum Gasteiger partial charge on any atom is -0.481 e. The van der Waals surface area contributed by atoms with Crippen molar-refractivity contribution < 1.29 is 19.5 Å². The summed E-state index contributed by atoms with van der Waals surface area (Å²) in [6.45, 7) is 6.97. The Bertz CT molecular complexity index is 315. The highest BCUT2D eigenvalue weighted by Gasteiger charge is 2.25. The summed E-state index contributed by atoms with van der Waals surface area (Å²) in [5.74, 6) is -2.84. The third-order valence-electron chi connectivity index (χ3n) is 2.65. The molecule has 0 aliphatic carbocycles. The molecular formula is C12H22N2O4. The van der Waals surface area contributed by atoms with Crippen LogP contribution in [0.25, 0.3) is 0 Å². The van der Waals surface area contributed by atoms with Crippen LogP contribution >= 0.6 is 0 Å². The molecule has 0 aromatic rings. The molecule has 0 aromatic heterocycles. The van der Waals surface area contributed by atoms with Gasteiger partial charge >= 0.3 is 5.97 Å². The second-order valence-corrected chi connectivity index (χ2v) is 4.68. The molecule has 0 fully saturated rings. The minimum atomic E-state index is -1.00. The molecule has 0 saturated heterocycles. The molecule has 6 heteroatoms. The average Bonchev–Trinajstić information content (AvgIpc) is 2.25. The Labute approximate surface area is 107 Å². The maximum absolute atomic E-state index is 11.6. The molecule has 2 atom stereocenters. The normalized spacial score (nSPS) is 13.8. The predicted molar refractivity (Wildman–Crippen MR) is 66.9 cm³/mol. The zero-order chi connectivity index (χ0) is 14.3. The summed E-state index contributed by atoms with van der Waals surface area (Å²) in [4.78, 5) is 33.6. The van der Waals surface area contributed by atoms with Crippen LogP contribution in [0.4, 0.5) is 0 Å². The molecular weight excluding hydrogens is 236 g/mol. The van der Waals surface area contributed by atoms with Gasteiger partial charge in [-0.3, -0.25) is 14.4 Å². The van der Waals surface area contributed by atoms with E-state index in [9.17, 15) is 14.4 Å². The topological polar surface area (TPSA) is 95.5 Å². The van der Waals surface area contributed by atoms with Crippen LogP contribution < -0.4 is 10.6 Å². The molecule has 104 valence electrons. The van der Waals surface area contributed by atoms with Crippen molar-refractivity contribution in [2.45, 2.75) is 40.2 Å². The van der Waals surface area contributed by atoms with Gasteiger partial charge in [0.15, 0.2) is 0 Å². The molecule has 0 heterocycles. The van der Waals surface area contributed by atoms with E-state index >= 15 is 0 Å². The van der Waals surface area contributed by atoms with Crippen LogP contribution in [-0.4, -0.2) is 35.5 Å². The van der Waals surface area contributed by atoms with Crippen molar-refractivity contribution in [3.8, 4) is 0 Å². The van der Waals surface area contributed by atoms with E-state index in [2.05, 4.69) is 10.6 Å². The Morgan fingerprint density at radius 3 is 2.06 bits per heavy atom. The van der Waals surface area contributed by atoms with Crippen LogP contribution in [0.15, 0.2) is 0 Å². The highest BCUT2D eigenvalue weighted by molar-refractivity contribution is 5.84. The van der Waals surface area contributed by atoms with E-state index in [1.165, 1.54) is 6.92 Å². The van der Waals surface area contributed by atoms with Gasteiger partial charge in [0.05, 0.1) is 5.92 Å². The number of carbonyl (C=O) groups excluding carboxylic acids is 2. The number of carbonyl (C=O) groups is 3. The first-order valence-electron chi connectivity index (χ1n) is 6.05. The summed E-state index contributed by atoms with van der Waals surface area (Å²) >= 11 is 0. The van der Waals surface area contributed by atoms with Gasteiger partial charge in [-0.25, -0.2) is 0 Å². The summed E-state index contributed by atoms with van der Waals surface area (Å²) in [6.07, 6.45) is 0.193. The van der Waals surface area contributed by atoms with E-state index in [1.54, 1.807) is 6.92 Å². The van der Waals surface area contributed by atoms with Crippen LogP contribution in [-0.2, 0) is 14.4 Å². The standard InChI is InChI=1S/C12H22N2O4/c1-7(2)14-10(15)5-6-13-11(16)8(3)9(4)12(17)18/h7-9H,5-6H2,1-4H3,(H,13,16)(H,14,15)(H,17,18). The molecule has 0 aliphatic heterocycles. The minimum absolute atomic E-state index is 0.0687. The van der Waals surface area contributed by atoms with Gasteiger partial charge in [0, 0.05) is 24.9 Å². The Balaban J connectivity index is 3.97. The van der Waals surface area contributed by atoms with Crippen molar-refractivity contribution in [3.63, 3.8) is 0 Å². The van der Waals surface area contributed by atoms with Crippen LogP contribution in [0.3, 0.4) is 0 Å². The third-order valence-corrected chi connectivity index (χ3v) is 2.65. The predicted octanol–water partition coefficient (Wildman–Crippen LogP) is 0.374. The van der Waals surface area contributed by atoms with E-state index in [1.807, 2.05) is 13.8 Å². The van der Waals surface area contributed by atoms with E-state index in [0.29, 0.717) is 0 Å². The molecule has 2 unspecified atom stereocenters. The molecule has 0 bridgehead atoms. The van der Waals surface area contributed by atoms with Gasteiger partial charge in [0.1, 0.15) is 0 Å². The summed E-state index contributed by atoms with van der Waals surface area (Å²) in [6, 6.07) is 0.0687. The van der Waals surface area contributed by atoms with Gasteiger partial charge < -0.3 is 15.7 Å². The number of rotatable bonds is 7. The Morgan fingerprint density at radius 1 is 1.06 bits per heavy atom. The molecule has 0 saturated carbocycles. The van der Waals surface area contributed by atoms with Crippen LogP contribution in [0.1, 0.15) is 34.1 Å². The first-order chi connectivity index (χ1) is 8.25. The fourth-order valence-corrected chi connectivity index (χ4v) is 1.30. The molecule has 0 radical (unpaired) electrons. The van der Waals surface area contributed by atoms with Crippen molar-refractivity contribution >= 4 is 17.8 Å². The lowest BCUT2D eigenvalue weighted by molar-refractivity contribution is -0.146. The number of hydrogen-bond donors (Lipinski definition) is 3. The van der Waals surface area contributed by atoms with E-state index in [-0.39, 0.29) is 30.8 Å². The van der Waals surface area contributed by atoms with Crippen molar-refractivity contribution in [1.29, 1.82) is 0 Å². The smallest absolute Gasteiger partial charge is 0.307 e. The van der Waals surface area contributed by atoms with Gasteiger partial charge in [-0.2, -0.15) is 0 Å². The molecule has 6 nitrogen and oxygen atoms in total. The SMILES string of the molecule is CC(C)NC(=O)CCNC(=O)C(C)C(C)C(=O)O. The first-order valence-corrected chi connectivity index (χ1v) is 6.05. The van der Waals surface area contributed by atoms with E-state index in [0.717, 1.165) is 0 Å². The molecule has 0 aromatic carbocycles. The number of carboxylic acids is 1. The number of aliphatic carboxylic acids is 1. The first kappa shape index (κ1) is 16.4. The van der Waals surface area contributed by atoms with Crippen molar-refractivity contribution in [2.75, 3.05) is 6.54 Å². The van der Waals surface area contributed by atoms with Crippen molar-refractivity contribution in [3.05, 3.63) is 0 Å². The number of amides is 2. The third kappa shape index (κ3) is 6.22. The monoisotopic (exact) mass is 258 g/mol. The molecule has 18 heavy (non-hydrogen) atoms. The lowest BCUT2D eigenvalue weighted by atomic mass is 9.95. The van der Waals surface area contributed by atoms with Crippen LogP contribution in [0.5, 0.6) is 0 Å². The fraction of sp³-hybridized carbons (Fsp3) is 0.750. The van der Waals surface area contributed by atoms with Gasteiger partial charge in [-0.15, -0.1) is 0 Å². The summed E-state index contributed by atoms with van der Waals surface area (Å²) in [5, 5.41) is 14.0. The molecule has 0 aliphatic rings. The van der Waals surface area contributed by atoms with Crippen molar-refractivity contribution in [2.24, 2.45) is 11.8 Å². The second kappa shape index (κ2) is 7.68. The molecule has 0 rings (SSSR count). The van der Waals surface area contributed by atoms with E-state index in [4.69, 9.17) is 5.11 Å². The molecule has 0 spiro atoms. The largest absolute Gasteiger partial charge is 0.481 e. The lowest BCUT2D eigenvalue weighted by Crippen LogP contribution is -2.38. The van der Waals surface area contributed by atoms with Gasteiger partial charge in [-0.05, 0) is 13.8 Å². The Kier molecular flexibility index (Phi) is 7.00. The number of nitrogens with one attached hydrogen (secondary N) is 2. The Morgan fingerprint density at radius 2 is 1.61 bits per heavy atom. The van der Waals surface area contributed by atoms with E-state index < -0.39 is 17.8 Å². The zero-order valence-electron chi connectivity index (χ0n) is 11.3. The van der Waals surface area contributed by atoms with Gasteiger partial charge in [0.25, 0.3) is 0 Å². The molecule has 2 amide bonds. The fourth-order valence-electron chi connectivity index (χ4n) is 1.30. The maximum Gasteiger partial charge on any atom is 0.307 e. The van der Waals surface area contributed by atoms with Crippen molar-refractivity contribution in [1.82, 2.24) is 10.6 Å². The van der Waals surface area contributed by atoms with Gasteiger partial charge in [-0.1, -0.05) is 13.8 Å². The van der Waals surface area contributed by atoms with Gasteiger partial charge in [0.2, 0.25) is 11.8 Å². The molecule has 3 N–H and O–H groups in total. The summed E-state index contributed by atoms with van der Waals surface area (Å²) in [7, 11) is 0. The highest BCUT2D eigenvalue weighted by atomic mass is 16.4. The quantitative estimate of drug-likeness (QED) is 0.615. The lowest BCUT2D eigenvalue weighted by Gasteiger charge is -2.15. The number of hydrogen-bond acceptors (Lipinski definition) is 3. The average molecular weight is 258 g/mol. The second-order valence-electron chi connectivity index (χ2n) is 4.68. The van der Waals surface area contributed by atoms with Crippen LogP contribution in [0.2, 0.25) is 0 Å². The van der Waals surface area contributed by atoms with Crippen LogP contribution in [0, 0.1) is 11.8 Å². The maximum atomic E-state index is 11.6. The Hall–Kier alpha value is -1.59. The summed E-state index contributed by atoms with van der Waals surface area (Å²) in [5.41, 5.74) is 0. The number of carboxylic acid groups (broad SMARTS) is 1. The highest BCUT2D eigenvalue weighted by Crippen LogP contribution is 2.10. The summed E-state index contributed by atoms with van der Waals surface area (Å²) < 4.78 is 0.